The zero-order valence-corrected chi connectivity index (χ0v) is 16.9. The van der Waals surface area contributed by atoms with E-state index in [9.17, 15) is 4.79 Å². The molecule has 6 nitrogen and oxygen atoms in total. The highest BCUT2D eigenvalue weighted by atomic mass is 16.6. The van der Waals surface area contributed by atoms with Gasteiger partial charge in [0.1, 0.15) is 5.60 Å². The quantitative estimate of drug-likeness (QED) is 0.818. The molecule has 1 aromatic carbocycles. The van der Waals surface area contributed by atoms with Crippen LogP contribution in [0.25, 0.3) is 0 Å². The van der Waals surface area contributed by atoms with Crippen LogP contribution < -0.4 is 5.73 Å². The topological polar surface area (TPSA) is 74.0 Å². The molecule has 1 aliphatic heterocycles. The summed E-state index contributed by atoms with van der Waals surface area (Å²) in [6.07, 6.45) is 1.28. The van der Waals surface area contributed by atoms with E-state index in [1.807, 2.05) is 26.8 Å². The standard InChI is InChI=1S/C21H32N2O4/c1-20(2,3)27-19(24)23-11-9-21(10-12-23)16-8-6-5-7-15(16)17(22)18(21)26-14-13-25-4/h5-8,17-18H,9-14,22H2,1-4H3/t17-,18+/m1/s1. The molecule has 1 fully saturated rings. The Bertz CT molecular complexity index is 662. The Morgan fingerprint density at radius 3 is 2.52 bits per heavy atom. The minimum atomic E-state index is -0.486. The van der Waals surface area contributed by atoms with Gasteiger partial charge in [0.05, 0.1) is 25.4 Å². The maximum Gasteiger partial charge on any atom is 0.410 e. The first-order chi connectivity index (χ1) is 12.8. The molecular formula is C21H32N2O4. The van der Waals surface area contributed by atoms with Gasteiger partial charge >= 0.3 is 6.09 Å². The SMILES string of the molecule is COCCO[C@H]1[C@H](N)c2ccccc2C12CCN(C(=O)OC(C)(C)C)CC2. The first-order valence-corrected chi connectivity index (χ1v) is 9.72. The molecule has 1 aromatic rings. The largest absolute Gasteiger partial charge is 0.444 e. The molecule has 3 rings (SSSR count). The van der Waals surface area contributed by atoms with Gasteiger partial charge in [-0.1, -0.05) is 24.3 Å². The number of fused-ring (bicyclic) bond motifs is 2. The summed E-state index contributed by atoms with van der Waals surface area (Å²) in [7, 11) is 1.67. The maximum absolute atomic E-state index is 12.5. The van der Waals surface area contributed by atoms with E-state index in [0.717, 1.165) is 18.4 Å². The fourth-order valence-corrected chi connectivity index (χ4v) is 4.39. The van der Waals surface area contributed by atoms with Gasteiger partial charge in [-0.2, -0.15) is 0 Å². The highest BCUT2D eigenvalue weighted by molar-refractivity contribution is 5.68. The number of nitrogens with two attached hydrogens (primary N) is 1. The van der Waals surface area contributed by atoms with Crippen LogP contribution >= 0.6 is 0 Å². The predicted octanol–water partition coefficient (Wildman–Crippen LogP) is 3.00. The highest BCUT2D eigenvalue weighted by Gasteiger charge is 2.53. The van der Waals surface area contributed by atoms with Gasteiger partial charge in [-0.3, -0.25) is 0 Å². The highest BCUT2D eigenvalue weighted by Crippen LogP contribution is 2.51. The van der Waals surface area contributed by atoms with Crippen LogP contribution in [0.1, 0.15) is 50.8 Å². The van der Waals surface area contributed by atoms with Gasteiger partial charge < -0.3 is 24.8 Å². The number of carbonyl (C=O) groups excluding carboxylic acids is 1. The molecule has 2 aliphatic rings. The van der Waals surface area contributed by atoms with E-state index in [2.05, 4.69) is 18.2 Å². The van der Waals surface area contributed by atoms with Crippen LogP contribution in [-0.4, -0.2) is 56.1 Å². The zero-order chi connectivity index (χ0) is 19.7. The van der Waals surface area contributed by atoms with Crippen molar-refractivity contribution in [2.75, 3.05) is 33.4 Å². The smallest absolute Gasteiger partial charge is 0.410 e. The molecular weight excluding hydrogens is 344 g/mol. The Morgan fingerprint density at radius 1 is 1.22 bits per heavy atom. The second-order valence-corrected chi connectivity index (χ2v) is 8.52. The third kappa shape index (κ3) is 3.98. The predicted molar refractivity (Wildman–Crippen MR) is 104 cm³/mol. The zero-order valence-electron chi connectivity index (χ0n) is 16.9. The third-order valence-electron chi connectivity index (χ3n) is 5.62. The van der Waals surface area contributed by atoms with Crippen LogP contribution in [0, 0.1) is 0 Å². The van der Waals surface area contributed by atoms with E-state index in [0.29, 0.717) is 26.3 Å². The number of methoxy groups -OCH3 is 1. The number of likely N-dealkylation sites (tertiary alicyclic amines) is 1. The van der Waals surface area contributed by atoms with Gasteiger partial charge in [0.15, 0.2) is 0 Å². The third-order valence-corrected chi connectivity index (χ3v) is 5.62. The van der Waals surface area contributed by atoms with Crippen molar-refractivity contribution < 1.29 is 19.0 Å². The molecule has 0 unspecified atom stereocenters. The van der Waals surface area contributed by atoms with Gasteiger partial charge in [0.25, 0.3) is 0 Å². The average Bonchev–Trinajstić information content (AvgIpc) is 2.84. The maximum atomic E-state index is 12.5. The van der Waals surface area contributed by atoms with Crippen molar-refractivity contribution in [3.05, 3.63) is 35.4 Å². The van der Waals surface area contributed by atoms with Crippen LogP contribution in [0.3, 0.4) is 0 Å². The van der Waals surface area contributed by atoms with Gasteiger partial charge in [-0.05, 0) is 44.7 Å². The Kier molecular flexibility index (Phi) is 5.79. The molecule has 1 spiro atoms. The number of carbonyl (C=O) groups is 1. The molecule has 1 amide bonds. The number of ether oxygens (including phenoxy) is 3. The monoisotopic (exact) mass is 376 g/mol. The van der Waals surface area contributed by atoms with Crippen LogP contribution in [-0.2, 0) is 19.6 Å². The molecule has 27 heavy (non-hydrogen) atoms. The molecule has 2 atom stereocenters. The number of nitrogens with zero attached hydrogens (tertiary/aromatic N) is 1. The summed E-state index contributed by atoms with van der Waals surface area (Å²) in [4.78, 5) is 14.3. The van der Waals surface area contributed by atoms with Crippen molar-refractivity contribution in [1.29, 1.82) is 0 Å². The molecule has 6 heteroatoms. The summed E-state index contributed by atoms with van der Waals surface area (Å²) in [5, 5.41) is 0. The molecule has 0 bridgehead atoms. The minimum Gasteiger partial charge on any atom is -0.444 e. The second-order valence-electron chi connectivity index (χ2n) is 8.52. The number of benzene rings is 1. The molecule has 2 N–H and O–H groups in total. The normalized spacial score (nSPS) is 24.1. The van der Waals surface area contributed by atoms with Crippen molar-refractivity contribution in [3.63, 3.8) is 0 Å². The number of hydrogen-bond donors (Lipinski definition) is 1. The molecule has 0 saturated carbocycles. The molecule has 1 heterocycles. The van der Waals surface area contributed by atoms with Crippen molar-refractivity contribution in [2.45, 2.75) is 56.8 Å². The first-order valence-electron chi connectivity index (χ1n) is 9.72. The van der Waals surface area contributed by atoms with Crippen LogP contribution in [0.4, 0.5) is 4.79 Å². The Labute approximate surface area is 161 Å². The summed E-state index contributed by atoms with van der Waals surface area (Å²) in [6, 6.07) is 8.19. The van der Waals surface area contributed by atoms with E-state index < -0.39 is 5.60 Å². The van der Waals surface area contributed by atoms with Crippen molar-refractivity contribution >= 4 is 6.09 Å². The van der Waals surface area contributed by atoms with E-state index in [4.69, 9.17) is 19.9 Å². The molecule has 1 saturated heterocycles. The van der Waals surface area contributed by atoms with E-state index in [1.165, 1.54) is 5.56 Å². The lowest BCUT2D eigenvalue weighted by Crippen LogP contribution is -2.52. The van der Waals surface area contributed by atoms with Crippen LogP contribution in [0.2, 0.25) is 0 Å². The lowest BCUT2D eigenvalue weighted by molar-refractivity contribution is -0.0504. The van der Waals surface area contributed by atoms with E-state index >= 15 is 0 Å². The number of piperidine rings is 1. The Hall–Kier alpha value is -1.63. The van der Waals surface area contributed by atoms with Gasteiger partial charge in [-0.25, -0.2) is 4.79 Å². The Balaban J connectivity index is 1.79. The summed E-state index contributed by atoms with van der Waals surface area (Å²) < 4.78 is 16.9. The van der Waals surface area contributed by atoms with Gasteiger partial charge in [0.2, 0.25) is 0 Å². The first kappa shape index (κ1) is 20.1. The average molecular weight is 376 g/mol. The lowest BCUT2D eigenvalue weighted by atomic mass is 9.72. The van der Waals surface area contributed by atoms with Crippen LogP contribution in [0.5, 0.6) is 0 Å². The van der Waals surface area contributed by atoms with Gasteiger partial charge in [0, 0.05) is 25.6 Å². The molecule has 0 radical (unpaired) electrons. The molecule has 1 aliphatic carbocycles. The summed E-state index contributed by atoms with van der Waals surface area (Å²) >= 11 is 0. The number of hydrogen-bond acceptors (Lipinski definition) is 5. The molecule has 0 aromatic heterocycles. The molecule has 150 valence electrons. The van der Waals surface area contributed by atoms with Crippen LogP contribution in [0.15, 0.2) is 24.3 Å². The van der Waals surface area contributed by atoms with E-state index in [-0.39, 0.29) is 23.7 Å². The summed E-state index contributed by atoms with van der Waals surface area (Å²) in [6.45, 7) is 8.01. The van der Waals surface area contributed by atoms with E-state index in [1.54, 1.807) is 12.0 Å². The summed E-state index contributed by atoms with van der Waals surface area (Å²) in [5.74, 6) is 0. The fraction of sp³-hybridized carbons (Fsp3) is 0.667. The van der Waals surface area contributed by atoms with Crippen molar-refractivity contribution in [3.8, 4) is 0 Å². The van der Waals surface area contributed by atoms with Crippen molar-refractivity contribution in [2.24, 2.45) is 5.73 Å². The fourth-order valence-electron chi connectivity index (χ4n) is 4.39. The Morgan fingerprint density at radius 2 is 1.89 bits per heavy atom. The number of rotatable bonds is 4. The lowest BCUT2D eigenvalue weighted by Gasteiger charge is -2.44. The minimum absolute atomic E-state index is 0.106. The second kappa shape index (κ2) is 7.78. The van der Waals surface area contributed by atoms with Gasteiger partial charge in [-0.15, -0.1) is 0 Å². The van der Waals surface area contributed by atoms with Crippen molar-refractivity contribution in [1.82, 2.24) is 4.90 Å². The summed E-state index contributed by atoms with van der Waals surface area (Å²) in [5.41, 5.74) is 8.36. The number of amides is 1.